The molecule has 0 atom stereocenters. The molecule has 0 saturated carbocycles. The maximum atomic E-state index is 2.39. The summed E-state index contributed by atoms with van der Waals surface area (Å²) in [5.74, 6) is 0. The van der Waals surface area contributed by atoms with Crippen molar-refractivity contribution in [1.29, 1.82) is 0 Å². The summed E-state index contributed by atoms with van der Waals surface area (Å²) in [4.78, 5) is 0. The predicted octanol–water partition coefficient (Wildman–Crippen LogP) is 8.75. The molecule has 0 spiro atoms. The van der Waals surface area contributed by atoms with E-state index in [9.17, 15) is 0 Å². The Hall–Kier alpha value is -3.38. The van der Waals surface area contributed by atoms with Crippen molar-refractivity contribution in [3.05, 3.63) is 108 Å². The van der Waals surface area contributed by atoms with Gasteiger partial charge in [0.05, 0.1) is 0 Å². The van der Waals surface area contributed by atoms with Crippen molar-refractivity contribution in [2.75, 3.05) is 0 Å². The minimum atomic E-state index is 0.0842. The van der Waals surface area contributed by atoms with Crippen molar-refractivity contribution in [1.82, 2.24) is 0 Å². The minimum absolute atomic E-state index is 0.0842. The molecule has 0 heterocycles. The molecule has 5 aromatic rings. The van der Waals surface area contributed by atoms with E-state index >= 15 is 0 Å². The molecular weight excluding hydrogens is 372 g/mol. The minimum Gasteiger partial charge on any atom is -0.0642 e. The Balaban J connectivity index is 1.62. The summed E-state index contributed by atoms with van der Waals surface area (Å²) >= 11 is 0. The van der Waals surface area contributed by atoms with Gasteiger partial charge in [-0.2, -0.15) is 0 Å². The topological polar surface area (TPSA) is 0 Å². The molecule has 150 valence electrons. The van der Waals surface area contributed by atoms with Crippen molar-refractivity contribution in [3.8, 4) is 22.3 Å². The lowest BCUT2D eigenvalue weighted by molar-refractivity contribution is 0.491. The summed E-state index contributed by atoms with van der Waals surface area (Å²) in [7, 11) is 0. The van der Waals surface area contributed by atoms with Gasteiger partial charge in [0, 0.05) is 5.41 Å². The summed E-state index contributed by atoms with van der Waals surface area (Å²) in [5, 5.41) is 5.21. The van der Waals surface area contributed by atoms with Gasteiger partial charge < -0.3 is 0 Å². The van der Waals surface area contributed by atoms with Crippen molar-refractivity contribution < 1.29 is 0 Å². The molecule has 0 fully saturated rings. The van der Waals surface area contributed by atoms with Crippen LogP contribution in [0.15, 0.2) is 97.1 Å². The van der Waals surface area contributed by atoms with E-state index < -0.39 is 0 Å². The van der Waals surface area contributed by atoms with Crippen LogP contribution in [0.1, 0.15) is 37.8 Å². The van der Waals surface area contributed by atoms with E-state index in [0.29, 0.717) is 0 Å². The Morgan fingerprint density at radius 1 is 0.516 bits per heavy atom. The maximum absolute atomic E-state index is 2.39. The smallest absolute Gasteiger partial charge is 0.0216 e. The first kappa shape index (κ1) is 18.4. The second kappa shape index (κ2) is 6.82. The summed E-state index contributed by atoms with van der Waals surface area (Å²) in [6, 6.07) is 36.2. The fourth-order valence-electron chi connectivity index (χ4n) is 5.89. The van der Waals surface area contributed by atoms with Gasteiger partial charge in [0.2, 0.25) is 0 Å². The van der Waals surface area contributed by atoms with E-state index in [2.05, 4.69) is 111 Å². The van der Waals surface area contributed by atoms with E-state index in [1.54, 1.807) is 0 Å². The zero-order chi connectivity index (χ0) is 21.0. The van der Waals surface area contributed by atoms with Crippen LogP contribution in [0.5, 0.6) is 0 Å². The summed E-state index contributed by atoms with van der Waals surface area (Å²) in [6.45, 7) is 4.69. The Morgan fingerprint density at radius 3 is 1.90 bits per heavy atom. The van der Waals surface area contributed by atoms with Gasteiger partial charge in [-0.1, -0.05) is 92.7 Å². The maximum Gasteiger partial charge on any atom is 0.0216 e. The first-order chi connectivity index (χ1) is 15.2. The molecule has 0 unspecified atom stereocenters. The van der Waals surface area contributed by atoms with Crippen LogP contribution in [0.4, 0.5) is 0 Å². The Bertz CT molecular complexity index is 1450. The average molecular weight is 399 g/mol. The lowest BCUT2D eigenvalue weighted by atomic mass is 9.71. The molecule has 0 radical (unpaired) electrons. The molecule has 0 nitrogen and oxygen atoms in total. The van der Waals surface area contributed by atoms with Crippen LogP contribution in [0.3, 0.4) is 0 Å². The van der Waals surface area contributed by atoms with Crippen LogP contribution in [-0.4, -0.2) is 0 Å². The fraction of sp³-hybridized carbons (Fsp3) is 0.161. The number of rotatable bonds is 3. The Labute approximate surface area is 184 Å². The first-order valence-corrected chi connectivity index (χ1v) is 11.4. The lowest BCUT2D eigenvalue weighted by Gasteiger charge is -2.31. The fourth-order valence-corrected chi connectivity index (χ4v) is 5.89. The SMILES string of the molecule is CCC1(CC)c2ccccc2-c2cccc(-c3ccc4cc5ccccc5cc4c3)c21. The molecule has 31 heavy (non-hydrogen) atoms. The van der Waals surface area contributed by atoms with E-state index in [0.717, 1.165) is 12.8 Å². The van der Waals surface area contributed by atoms with Gasteiger partial charge in [-0.25, -0.2) is 0 Å². The Morgan fingerprint density at radius 2 is 1.13 bits per heavy atom. The van der Waals surface area contributed by atoms with Crippen LogP contribution in [0.2, 0.25) is 0 Å². The summed E-state index contributed by atoms with van der Waals surface area (Å²) in [5.41, 5.74) is 8.62. The highest BCUT2D eigenvalue weighted by molar-refractivity contribution is 6.00. The molecule has 1 aliphatic carbocycles. The molecule has 0 heteroatoms. The third-order valence-corrected chi connectivity index (χ3v) is 7.50. The lowest BCUT2D eigenvalue weighted by Crippen LogP contribution is -2.23. The van der Waals surface area contributed by atoms with Crippen LogP contribution in [0.25, 0.3) is 43.8 Å². The van der Waals surface area contributed by atoms with Gasteiger partial charge >= 0.3 is 0 Å². The van der Waals surface area contributed by atoms with Crippen LogP contribution in [0, 0.1) is 0 Å². The van der Waals surface area contributed by atoms with E-state index in [-0.39, 0.29) is 5.41 Å². The largest absolute Gasteiger partial charge is 0.0642 e. The molecule has 0 amide bonds. The van der Waals surface area contributed by atoms with Gasteiger partial charge in [-0.05, 0) is 86.0 Å². The van der Waals surface area contributed by atoms with Gasteiger partial charge in [-0.15, -0.1) is 0 Å². The van der Waals surface area contributed by atoms with E-state index in [1.807, 2.05) is 0 Å². The van der Waals surface area contributed by atoms with Crippen molar-refractivity contribution in [2.45, 2.75) is 32.1 Å². The van der Waals surface area contributed by atoms with E-state index in [4.69, 9.17) is 0 Å². The first-order valence-electron chi connectivity index (χ1n) is 11.4. The van der Waals surface area contributed by atoms with Gasteiger partial charge in [0.25, 0.3) is 0 Å². The van der Waals surface area contributed by atoms with Crippen LogP contribution < -0.4 is 0 Å². The predicted molar refractivity (Wildman–Crippen MR) is 134 cm³/mol. The third kappa shape index (κ3) is 2.55. The van der Waals surface area contributed by atoms with E-state index in [1.165, 1.54) is 54.9 Å². The molecule has 5 aromatic carbocycles. The molecule has 0 aliphatic heterocycles. The molecule has 6 rings (SSSR count). The van der Waals surface area contributed by atoms with Crippen molar-refractivity contribution in [2.24, 2.45) is 0 Å². The van der Waals surface area contributed by atoms with Gasteiger partial charge in [-0.3, -0.25) is 0 Å². The zero-order valence-corrected chi connectivity index (χ0v) is 18.2. The monoisotopic (exact) mass is 398 g/mol. The standard InChI is InChI=1S/C31H26/c1-3-31(4-2)29-15-8-7-12-27(29)28-14-9-13-26(30(28)31)24-17-16-23-18-21-10-5-6-11-22(21)19-25(23)20-24/h5-20H,3-4H2,1-2H3. The van der Waals surface area contributed by atoms with Gasteiger partial charge in [0.1, 0.15) is 0 Å². The van der Waals surface area contributed by atoms with Gasteiger partial charge in [0.15, 0.2) is 0 Å². The molecule has 0 N–H and O–H groups in total. The number of benzene rings is 5. The van der Waals surface area contributed by atoms with Crippen molar-refractivity contribution >= 4 is 21.5 Å². The summed E-state index contributed by atoms with van der Waals surface area (Å²) in [6.07, 6.45) is 2.23. The molecule has 0 aromatic heterocycles. The number of fused-ring (bicyclic) bond motifs is 5. The number of hydrogen-bond donors (Lipinski definition) is 0. The summed E-state index contributed by atoms with van der Waals surface area (Å²) < 4.78 is 0. The second-order valence-electron chi connectivity index (χ2n) is 8.82. The zero-order valence-electron chi connectivity index (χ0n) is 18.2. The highest BCUT2D eigenvalue weighted by Crippen LogP contribution is 2.55. The Kier molecular flexibility index (Phi) is 4.05. The number of hydrogen-bond acceptors (Lipinski definition) is 0. The quantitative estimate of drug-likeness (QED) is 0.266. The molecule has 0 saturated heterocycles. The highest BCUT2D eigenvalue weighted by atomic mass is 14.4. The molecular formula is C31H26. The van der Waals surface area contributed by atoms with Crippen LogP contribution >= 0.6 is 0 Å². The molecule has 0 bridgehead atoms. The van der Waals surface area contributed by atoms with Crippen LogP contribution in [-0.2, 0) is 5.41 Å². The average Bonchev–Trinajstić information content (AvgIpc) is 3.13. The normalized spacial score (nSPS) is 14.0. The second-order valence-corrected chi connectivity index (χ2v) is 8.82. The van der Waals surface area contributed by atoms with Crippen molar-refractivity contribution in [3.63, 3.8) is 0 Å². The highest BCUT2D eigenvalue weighted by Gasteiger charge is 2.41. The molecule has 1 aliphatic rings. The third-order valence-electron chi connectivity index (χ3n) is 7.50.